The van der Waals surface area contributed by atoms with Crippen molar-refractivity contribution in [2.75, 3.05) is 13.2 Å². The third kappa shape index (κ3) is 4.21. The molecule has 1 fully saturated rings. The average molecular weight is 416 g/mol. The molecule has 1 aromatic carbocycles. The molecule has 7 nitrogen and oxygen atoms in total. The molecule has 152 valence electrons. The quantitative estimate of drug-likeness (QED) is 0.576. The highest BCUT2D eigenvalue weighted by atomic mass is 32.2. The van der Waals surface area contributed by atoms with Crippen LogP contribution in [0.3, 0.4) is 0 Å². The predicted octanol–water partition coefficient (Wildman–Crippen LogP) is 2.15. The zero-order chi connectivity index (χ0) is 20.7. The van der Waals surface area contributed by atoms with Crippen molar-refractivity contribution in [1.82, 2.24) is 9.29 Å². The normalized spacial score (nSPS) is 17.4. The number of nitrogens with zero attached hydrogens (tertiary/aromatic N) is 2. The summed E-state index contributed by atoms with van der Waals surface area (Å²) in [5, 5.41) is 0. The van der Waals surface area contributed by atoms with E-state index in [4.69, 9.17) is 10.5 Å². The first kappa shape index (κ1) is 20.4. The van der Waals surface area contributed by atoms with Crippen molar-refractivity contribution in [1.29, 1.82) is 0 Å². The molecule has 1 saturated heterocycles. The molecule has 2 aromatic rings. The molecule has 0 amide bonds. The van der Waals surface area contributed by atoms with Crippen LogP contribution in [-0.4, -0.2) is 37.6 Å². The van der Waals surface area contributed by atoms with Crippen molar-refractivity contribution < 1.29 is 26.3 Å². The monoisotopic (exact) mass is 416 g/mol. The van der Waals surface area contributed by atoms with Crippen molar-refractivity contribution in [3.8, 4) is 0 Å². The van der Waals surface area contributed by atoms with Gasteiger partial charge < -0.3 is 15.0 Å². The Hall–Kier alpha value is -2.37. The van der Waals surface area contributed by atoms with E-state index >= 15 is 0 Å². The van der Waals surface area contributed by atoms with Crippen molar-refractivity contribution in [3.05, 3.63) is 47.8 Å². The summed E-state index contributed by atoms with van der Waals surface area (Å²) in [7, 11) is -2.26. The highest BCUT2D eigenvalue weighted by Gasteiger charge is 2.38. The number of benzene rings is 1. The van der Waals surface area contributed by atoms with E-state index in [0.717, 1.165) is 12.1 Å². The number of sulfonamides is 1. The summed E-state index contributed by atoms with van der Waals surface area (Å²) in [4.78, 5) is 3.97. The fourth-order valence-electron chi connectivity index (χ4n) is 2.73. The van der Waals surface area contributed by atoms with Crippen molar-refractivity contribution in [2.24, 2.45) is 17.8 Å². The van der Waals surface area contributed by atoms with Crippen LogP contribution in [0.4, 0.5) is 18.9 Å². The number of nitrogens with one attached hydrogen (secondary N) is 1. The van der Waals surface area contributed by atoms with Crippen LogP contribution in [0.25, 0.3) is 0 Å². The fourth-order valence-corrected chi connectivity index (χ4v) is 4.18. The Bertz CT molecular complexity index is 1020. The third-order valence-electron chi connectivity index (χ3n) is 4.20. The highest BCUT2D eigenvalue weighted by Crippen LogP contribution is 2.31. The fraction of sp³-hybridized carbons (Fsp3) is 0.353. The van der Waals surface area contributed by atoms with Gasteiger partial charge in [-0.15, -0.1) is 0 Å². The molecule has 0 saturated carbocycles. The van der Waals surface area contributed by atoms with Crippen LogP contribution < -0.4 is 10.5 Å². The van der Waals surface area contributed by atoms with Gasteiger partial charge in [0.1, 0.15) is 10.7 Å². The predicted molar refractivity (Wildman–Crippen MR) is 96.8 cm³/mol. The molecule has 2 heterocycles. The van der Waals surface area contributed by atoms with Crippen LogP contribution in [0.5, 0.6) is 0 Å². The van der Waals surface area contributed by atoms with Crippen molar-refractivity contribution in [2.45, 2.75) is 23.5 Å². The summed E-state index contributed by atoms with van der Waals surface area (Å²) in [5.41, 5.74) is 4.66. The minimum absolute atomic E-state index is 0.00943. The van der Waals surface area contributed by atoms with Crippen LogP contribution in [0.1, 0.15) is 18.2 Å². The van der Waals surface area contributed by atoms with Gasteiger partial charge in [0.05, 0.1) is 35.7 Å². The minimum Gasteiger partial charge on any atom is -0.382 e. The van der Waals surface area contributed by atoms with E-state index in [2.05, 4.69) is 9.71 Å². The van der Waals surface area contributed by atoms with Crippen LogP contribution in [0.15, 0.2) is 46.4 Å². The van der Waals surface area contributed by atoms with E-state index in [1.807, 2.05) is 0 Å². The Labute approximate surface area is 160 Å². The molecule has 1 aromatic heterocycles. The van der Waals surface area contributed by atoms with E-state index < -0.39 is 27.3 Å². The van der Waals surface area contributed by atoms with E-state index in [1.165, 1.54) is 29.0 Å². The lowest BCUT2D eigenvalue weighted by Gasteiger charge is -2.38. The van der Waals surface area contributed by atoms with E-state index in [1.54, 1.807) is 14.0 Å². The Balaban J connectivity index is 1.89. The van der Waals surface area contributed by atoms with Gasteiger partial charge >= 0.3 is 6.18 Å². The summed E-state index contributed by atoms with van der Waals surface area (Å²) in [5.74, 6) is -0.110. The molecule has 28 heavy (non-hydrogen) atoms. The molecule has 3 rings (SSSR count). The molecule has 0 atom stereocenters. The smallest absolute Gasteiger partial charge is 0.382 e. The molecular weight excluding hydrogens is 397 g/mol. The molecule has 1 aliphatic heterocycles. The summed E-state index contributed by atoms with van der Waals surface area (Å²) in [6, 6.07) is 5.71. The number of ether oxygens (including phenoxy) is 1. The zero-order valence-corrected chi connectivity index (χ0v) is 15.9. The Morgan fingerprint density at radius 2 is 2.00 bits per heavy atom. The highest BCUT2D eigenvalue weighted by molar-refractivity contribution is 7.89. The first-order valence-electron chi connectivity index (χ1n) is 8.20. The van der Waals surface area contributed by atoms with Crippen molar-refractivity contribution in [3.63, 3.8) is 0 Å². The Morgan fingerprint density at radius 1 is 1.32 bits per heavy atom. The van der Waals surface area contributed by atoms with Gasteiger partial charge in [-0.1, -0.05) is 6.07 Å². The summed E-state index contributed by atoms with van der Waals surface area (Å²) in [6.07, 6.45) is -3.14. The lowest BCUT2D eigenvalue weighted by Crippen LogP contribution is -2.59. The lowest BCUT2D eigenvalue weighted by molar-refractivity contribution is -0.137. The van der Waals surface area contributed by atoms with Gasteiger partial charge in [-0.2, -0.15) is 13.2 Å². The number of aliphatic imine (C=N–C) groups is 1. The number of rotatable bonds is 5. The number of nitrogens with two attached hydrogens (primary N) is 1. The first-order chi connectivity index (χ1) is 12.9. The second-order valence-corrected chi connectivity index (χ2v) is 8.56. The van der Waals surface area contributed by atoms with Crippen LogP contribution in [0, 0.1) is 0 Å². The van der Waals surface area contributed by atoms with E-state index in [-0.39, 0.29) is 35.3 Å². The van der Waals surface area contributed by atoms with Gasteiger partial charge in [-0.05, 0) is 31.2 Å². The third-order valence-corrected chi connectivity index (χ3v) is 5.80. The lowest BCUT2D eigenvalue weighted by atomic mass is 10.0. The van der Waals surface area contributed by atoms with Gasteiger partial charge in [0.25, 0.3) is 0 Å². The number of aryl methyl sites for hydroxylation is 1. The Kier molecular flexibility index (Phi) is 5.02. The maximum Gasteiger partial charge on any atom is 0.416 e. The van der Waals surface area contributed by atoms with Crippen LogP contribution >= 0.6 is 0 Å². The minimum atomic E-state index is -4.50. The number of hydrogen-bond acceptors (Lipinski definition) is 4. The topological polar surface area (TPSA) is 98.7 Å². The van der Waals surface area contributed by atoms with Crippen LogP contribution in [-0.2, 0) is 28.0 Å². The SMILES string of the molecule is Cn1cc(S(=O)(=O)NC2(C)COC2)cc1C(N)=Nc1cccc(C(F)(F)F)c1. The maximum atomic E-state index is 12.8. The number of halogens is 3. The van der Waals surface area contributed by atoms with Crippen molar-refractivity contribution >= 4 is 21.5 Å². The molecule has 11 heteroatoms. The van der Waals surface area contributed by atoms with Gasteiger partial charge in [-0.3, -0.25) is 0 Å². The molecule has 0 unspecified atom stereocenters. The Morgan fingerprint density at radius 3 is 2.57 bits per heavy atom. The van der Waals surface area contributed by atoms with Gasteiger partial charge in [0.15, 0.2) is 0 Å². The number of hydrogen-bond donors (Lipinski definition) is 2. The molecule has 3 N–H and O–H groups in total. The number of aromatic nitrogens is 1. The molecule has 0 aliphatic carbocycles. The van der Waals surface area contributed by atoms with Gasteiger partial charge in [0, 0.05) is 13.2 Å². The summed E-state index contributed by atoms with van der Waals surface area (Å²) in [6.45, 7) is 2.26. The van der Waals surface area contributed by atoms with Gasteiger partial charge in [-0.25, -0.2) is 18.1 Å². The van der Waals surface area contributed by atoms with E-state index in [0.29, 0.717) is 0 Å². The summed E-state index contributed by atoms with van der Waals surface area (Å²) < 4.78 is 72.6. The standard InChI is InChI=1S/C17H19F3N4O3S/c1-16(9-27-10-16)23-28(25,26)13-7-14(24(2)8-13)15(21)22-12-5-3-4-11(6-12)17(18,19)20/h3-8,23H,9-10H2,1-2H3,(H2,21,22). The second-order valence-electron chi connectivity index (χ2n) is 6.88. The second kappa shape index (κ2) is 6.90. The largest absolute Gasteiger partial charge is 0.416 e. The number of alkyl halides is 3. The first-order valence-corrected chi connectivity index (χ1v) is 9.68. The average Bonchev–Trinajstić information content (AvgIpc) is 2.95. The van der Waals surface area contributed by atoms with E-state index in [9.17, 15) is 21.6 Å². The summed E-state index contributed by atoms with van der Waals surface area (Å²) >= 11 is 0. The molecule has 0 radical (unpaired) electrons. The molecule has 0 bridgehead atoms. The van der Waals surface area contributed by atoms with Crippen LogP contribution in [0.2, 0.25) is 0 Å². The maximum absolute atomic E-state index is 12.8. The molecule has 1 aliphatic rings. The molecular formula is C17H19F3N4O3S. The molecule has 0 spiro atoms. The zero-order valence-electron chi connectivity index (χ0n) is 15.1. The number of amidine groups is 1. The van der Waals surface area contributed by atoms with Gasteiger partial charge in [0.2, 0.25) is 10.0 Å².